The van der Waals surface area contributed by atoms with E-state index >= 15 is 0 Å². The smallest absolute Gasteiger partial charge is 0.0607 e. The number of fused-ring (bicyclic) bond motifs is 1. The Morgan fingerprint density at radius 2 is 1.82 bits per heavy atom. The molecule has 0 fully saturated rings. The molecule has 3 heteroatoms. The third kappa shape index (κ3) is 2.25. The molecule has 0 radical (unpaired) electrons. The Labute approximate surface area is 104 Å². The summed E-state index contributed by atoms with van der Waals surface area (Å²) in [5.74, 6) is 0.520. The second-order valence-corrected chi connectivity index (χ2v) is 5.06. The van der Waals surface area contributed by atoms with Crippen LogP contribution in [0.25, 0.3) is 0 Å². The number of hydrogen-bond donors (Lipinski definition) is 1. The van der Waals surface area contributed by atoms with Crippen LogP contribution >= 0.6 is 0 Å². The van der Waals surface area contributed by atoms with E-state index in [1.165, 1.54) is 11.4 Å². The van der Waals surface area contributed by atoms with Crippen molar-refractivity contribution in [2.75, 3.05) is 36.5 Å². The third-order valence-corrected chi connectivity index (χ3v) is 3.97. The van der Waals surface area contributed by atoms with Gasteiger partial charge in [-0.3, -0.25) is 0 Å². The highest BCUT2D eigenvalue weighted by molar-refractivity contribution is 5.73. The molecule has 0 aliphatic carbocycles. The topological polar surface area (TPSA) is 32.5 Å². The molecule has 1 aliphatic heterocycles. The van der Waals surface area contributed by atoms with Crippen LogP contribution in [-0.2, 0) is 0 Å². The molecule has 0 amide bonds. The van der Waals surface area contributed by atoms with Gasteiger partial charge >= 0.3 is 0 Å². The van der Waals surface area contributed by atoms with Crippen molar-refractivity contribution in [3.8, 4) is 0 Å². The first-order chi connectivity index (χ1) is 8.15. The molecule has 17 heavy (non-hydrogen) atoms. The van der Waals surface area contributed by atoms with Gasteiger partial charge in [0, 0.05) is 26.2 Å². The monoisotopic (exact) mass is 233 g/mol. The zero-order chi connectivity index (χ0) is 12.4. The quantitative estimate of drug-likeness (QED) is 0.866. The van der Waals surface area contributed by atoms with Crippen molar-refractivity contribution >= 4 is 11.4 Å². The van der Waals surface area contributed by atoms with Gasteiger partial charge in [0.2, 0.25) is 0 Å². The van der Waals surface area contributed by atoms with Crippen LogP contribution in [0, 0.1) is 5.92 Å². The van der Waals surface area contributed by atoms with Crippen LogP contribution in [0.1, 0.15) is 13.8 Å². The van der Waals surface area contributed by atoms with Gasteiger partial charge in [-0.2, -0.15) is 0 Å². The van der Waals surface area contributed by atoms with Crippen LogP contribution in [-0.4, -0.2) is 32.7 Å². The highest BCUT2D eigenvalue weighted by Crippen LogP contribution is 2.34. The predicted molar refractivity (Wildman–Crippen MR) is 74.7 cm³/mol. The number of likely N-dealkylation sites (N-methyl/N-ethyl adjacent to an activating group) is 1. The molecule has 0 saturated carbocycles. The minimum absolute atomic E-state index is 0.495. The van der Waals surface area contributed by atoms with Gasteiger partial charge in [-0.1, -0.05) is 19.1 Å². The second-order valence-electron chi connectivity index (χ2n) is 5.06. The van der Waals surface area contributed by atoms with E-state index < -0.39 is 0 Å². The summed E-state index contributed by atoms with van der Waals surface area (Å²) in [4.78, 5) is 4.82. The first-order valence-electron chi connectivity index (χ1n) is 6.42. The molecule has 1 heterocycles. The number of hydrogen-bond acceptors (Lipinski definition) is 3. The summed E-state index contributed by atoms with van der Waals surface area (Å²) >= 11 is 0. The maximum Gasteiger partial charge on any atom is 0.0607 e. The van der Waals surface area contributed by atoms with Gasteiger partial charge in [-0.05, 0) is 31.5 Å². The molecule has 94 valence electrons. The number of benzene rings is 1. The van der Waals surface area contributed by atoms with Crippen molar-refractivity contribution in [1.82, 2.24) is 0 Å². The van der Waals surface area contributed by atoms with Gasteiger partial charge in [0.1, 0.15) is 0 Å². The Balaban J connectivity index is 2.30. The number of para-hydroxylation sites is 2. The van der Waals surface area contributed by atoms with E-state index in [1.807, 2.05) is 0 Å². The van der Waals surface area contributed by atoms with Crippen LogP contribution in [0.5, 0.6) is 0 Å². The minimum Gasteiger partial charge on any atom is -0.371 e. The molecule has 0 saturated heterocycles. The zero-order valence-electron chi connectivity index (χ0n) is 11.1. The van der Waals surface area contributed by atoms with Crippen molar-refractivity contribution in [2.45, 2.75) is 19.9 Å². The van der Waals surface area contributed by atoms with E-state index in [0.717, 1.165) is 19.6 Å². The molecule has 2 unspecified atom stereocenters. The van der Waals surface area contributed by atoms with Crippen molar-refractivity contribution in [3.63, 3.8) is 0 Å². The van der Waals surface area contributed by atoms with E-state index in [9.17, 15) is 0 Å². The number of nitrogens with zero attached hydrogens (tertiary/aromatic N) is 2. The molecule has 1 aromatic rings. The van der Waals surface area contributed by atoms with E-state index in [2.05, 4.69) is 55.0 Å². The molecular formula is C14H23N3. The van der Waals surface area contributed by atoms with E-state index in [0.29, 0.717) is 12.0 Å². The van der Waals surface area contributed by atoms with Crippen LogP contribution in [0.15, 0.2) is 24.3 Å². The molecule has 0 spiro atoms. The Morgan fingerprint density at radius 3 is 2.47 bits per heavy atom. The first kappa shape index (κ1) is 12.2. The molecule has 2 N–H and O–H groups in total. The molecule has 1 aromatic carbocycles. The molecule has 3 nitrogen and oxygen atoms in total. The van der Waals surface area contributed by atoms with Crippen LogP contribution < -0.4 is 15.5 Å². The SMILES string of the molecule is CC(CN)C(C)N1CCN(C)c2ccccc21. The average molecular weight is 233 g/mol. The summed E-state index contributed by atoms with van der Waals surface area (Å²) in [7, 11) is 2.16. The first-order valence-corrected chi connectivity index (χ1v) is 6.42. The second kappa shape index (κ2) is 4.96. The standard InChI is InChI=1S/C14H23N3/c1-11(10-15)12(2)17-9-8-16(3)13-6-4-5-7-14(13)17/h4-7,11-12H,8-10,15H2,1-3H3. The molecular weight excluding hydrogens is 210 g/mol. The highest BCUT2D eigenvalue weighted by atomic mass is 15.3. The van der Waals surface area contributed by atoms with Gasteiger partial charge in [-0.15, -0.1) is 0 Å². The maximum absolute atomic E-state index is 5.79. The summed E-state index contributed by atoms with van der Waals surface area (Å²) < 4.78 is 0. The lowest BCUT2D eigenvalue weighted by molar-refractivity contribution is 0.454. The Hall–Kier alpha value is -1.22. The molecule has 1 aliphatic rings. The summed E-state index contributed by atoms with van der Waals surface area (Å²) in [6.07, 6.45) is 0. The highest BCUT2D eigenvalue weighted by Gasteiger charge is 2.25. The molecule has 2 atom stereocenters. The van der Waals surface area contributed by atoms with Gasteiger partial charge < -0.3 is 15.5 Å². The summed E-state index contributed by atoms with van der Waals surface area (Å²) in [6, 6.07) is 9.13. The number of nitrogens with two attached hydrogens (primary N) is 1. The van der Waals surface area contributed by atoms with Gasteiger partial charge in [0.15, 0.2) is 0 Å². The zero-order valence-corrected chi connectivity index (χ0v) is 11.1. The lowest BCUT2D eigenvalue weighted by atomic mass is 10.00. The normalized spacial score (nSPS) is 18.8. The van der Waals surface area contributed by atoms with Gasteiger partial charge in [0.05, 0.1) is 11.4 Å². The van der Waals surface area contributed by atoms with Crippen molar-refractivity contribution < 1.29 is 0 Å². The Bertz CT molecular complexity index is 377. The van der Waals surface area contributed by atoms with Crippen molar-refractivity contribution in [3.05, 3.63) is 24.3 Å². The van der Waals surface area contributed by atoms with Crippen LogP contribution in [0.3, 0.4) is 0 Å². The van der Waals surface area contributed by atoms with Crippen molar-refractivity contribution in [2.24, 2.45) is 11.7 Å². The fourth-order valence-electron chi connectivity index (χ4n) is 2.46. The maximum atomic E-state index is 5.79. The number of anilines is 2. The van der Waals surface area contributed by atoms with Gasteiger partial charge in [-0.25, -0.2) is 0 Å². The molecule has 0 bridgehead atoms. The van der Waals surface area contributed by atoms with Gasteiger partial charge in [0.25, 0.3) is 0 Å². The lowest BCUT2D eigenvalue weighted by Crippen LogP contribution is -2.47. The lowest BCUT2D eigenvalue weighted by Gasteiger charge is -2.42. The fourth-order valence-corrected chi connectivity index (χ4v) is 2.46. The van der Waals surface area contributed by atoms with E-state index in [4.69, 9.17) is 5.73 Å². The summed E-state index contributed by atoms with van der Waals surface area (Å²) in [6.45, 7) is 7.42. The van der Waals surface area contributed by atoms with Crippen molar-refractivity contribution in [1.29, 1.82) is 0 Å². The minimum atomic E-state index is 0.495. The van der Waals surface area contributed by atoms with E-state index in [-0.39, 0.29) is 0 Å². The summed E-state index contributed by atoms with van der Waals surface area (Å²) in [5.41, 5.74) is 8.46. The van der Waals surface area contributed by atoms with Crippen LogP contribution in [0.4, 0.5) is 11.4 Å². The fraction of sp³-hybridized carbons (Fsp3) is 0.571. The predicted octanol–water partition coefficient (Wildman–Crippen LogP) is 1.93. The largest absolute Gasteiger partial charge is 0.371 e. The molecule has 0 aromatic heterocycles. The summed E-state index contributed by atoms with van der Waals surface area (Å²) in [5, 5.41) is 0. The third-order valence-electron chi connectivity index (χ3n) is 3.97. The number of rotatable bonds is 3. The average Bonchev–Trinajstić information content (AvgIpc) is 2.38. The van der Waals surface area contributed by atoms with E-state index in [1.54, 1.807) is 0 Å². The Kier molecular flexibility index (Phi) is 3.57. The van der Waals surface area contributed by atoms with Crippen LogP contribution in [0.2, 0.25) is 0 Å². The Morgan fingerprint density at radius 1 is 1.18 bits per heavy atom. The molecule has 2 rings (SSSR count).